The molecule has 0 saturated carbocycles. The SMILES string of the molecule is COC1CCN(c2cc3c(cc2N)C(=O)NC3)C1. The Morgan fingerprint density at radius 2 is 2.33 bits per heavy atom. The summed E-state index contributed by atoms with van der Waals surface area (Å²) in [5.74, 6) is -0.0283. The first-order valence-corrected chi connectivity index (χ1v) is 6.17. The Bertz CT molecular complexity index is 501. The van der Waals surface area contributed by atoms with Crippen LogP contribution in [0.4, 0.5) is 11.4 Å². The number of nitrogen functional groups attached to an aromatic ring is 1. The van der Waals surface area contributed by atoms with Crippen LogP contribution in [0.2, 0.25) is 0 Å². The number of anilines is 2. The first kappa shape index (κ1) is 11.3. The van der Waals surface area contributed by atoms with Crippen molar-refractivity contribution in [2.45, 2.75) is 19.1 Å². The Balaban J connectivity index is 1.92. The predicted octanol–water partition coefficient (Wildman–Crippen LogP) is 0.737. The first-order chi connectivity index (χ1) is 8.69. The third kappa shape index (κ3) is 1.71. The van der Waals surface area contributed by atoms with E-state index in [2.05, 4.69) is 10.2 Å². The Morgan fingerprint density at radius 1 is 1.50 bits per heavy atom. The van der Waals surface area contributed by atoms with Crippen molar-refractivity contribution >= 4 is 17.3 Å². The molecule has 1 aromatic rings. The highest BCUT2D eigenvalue weighted by molar-refractivity contribution is 6.00. The van der Waals surface area contributed by atoms with Crippen molar-refractivity contribution in [3.05, 3.63) is 23.3 Å². The summed E-state index contributed by atoms with van der Waals surface area (Å²) in [6, 6.07) is 3.81. The number of carbonyl (C=O) groups is 1. The van der Waals surface area contributed by atoms with E-state index in [9.17, 15) is 4.79 Å². The number of carbonyl (C=O) groups excluding carboxylic acids is 1. The number of fused-ring (bicyclic) bond motifs is 1. The van der Waals surface area contributed by atoms with E-state index < -0.39 is 0 Å². The average molecular weight is 247 g/mol. The summed E-state index contributed by atoms with van der Waals surface area (Å²) in [6.45, 7) is 2.41. The fraction of sp³-hybridized carbons (Fsp3) is 0.462. The Kier molecular flexibility index (Phi) is 2.63. The van der Waals surface area contributed by atoms with E-state index in [0.29, 0.717) is 17.8 Å². The van der Waals surface area contributed by atoms with Crippen molar-refractivity contribution < 1.29 is 9.53 Å². The lowest BCUT2D eigenvalue weighted by Gasteiger charge is -2.21. The summed E-state index contributed by atoms with van der Waals surface area (Å²) in [5.41, 5.74) is 9.49. The van der Waals surface area contributed by atoms with Gasteiger partial charge in [-0.15, -0.1) is 0 Å². The number of nitrogens with one attached hydrogen (secondary N) is 1. The molecule has 0 bridgehead atoms. The summed E-state index contributed by atoms with van der Waals surface area (Å²) in [5, 5.41) is 2.81. The number of nitrogens with two attached hydrogens (primary N) is 1. The minimum absolute atomic E-state index is 0.0283. The monoisotopic (exact) mass is 247 g/mol. The van der Waals surface area contributed by atoms with E-state index in [1.165, 1.54) is 0 Å². The number of hydrogen-bond donors (Lipinski definition) is 2. The molecule has 0 aliphatic carbocycles. The van der Waals surface area contributed by atoms with E-state index in [-0.39, 0.29) is 12.0 Å². The van der Waals surface area contributed by atoms with Gasteiger partial charge >= 0.3 is 0 Å². The molecule has 1 atom stereocenters. The molecule has 0 radical (unpaired) electrons. The number of ether oxygens (including phenoxy) is 1. The molecule has 96 valence electrons. The van der Waals surface area contributed by atoms with Gasteiger partial charge in [0.05, 0.1) is 17.5 Å². The third-order valence-corrected chi connectivity index (χ3v) is 3.76. The van der Waals surface area contributed by atoms with Gasteiger partial charge in [0.25, 0.3) is 5.91 Å². The van der Waals surface area contributed by atoms with Gasteiger partial charge in [-0.2, -0.15) is 0 Å². The Hall–Kier alpha value is -1.75. The van der Waals surface area contributed by atoms with E-state index in [0.717, 1.165) is 30.8 Å². The zero-order chi connectivity index (χ0) is 12.7. The highest BCUT2D eigenvalue weighted by atomic mass is 16.5. The number of benzene rings is 1. The molecule has 0 spiro atoms. The second kappa shape index (κ2) is 4.17. The highest BCUT2D eigenvalue weighted by Crippen LogP contribution is 2.32. The van der Waals surface area contributed by atoms with Crippen LogP contribution in [0.3, 0.4) is 0 Å². The van der Waals surface area contributed by atoms with Gasteiger partial charge in [-0.25, -0.2) is 0 Å². The lowest BCUT2D eigenvalue weighted by Crippen LogP contribution is -2.23. The normalized spacial score (nSPS) is 22.2. The van der Waals surface area contributed by atoms with Crippen molar-refractivity contribution in [3.8, 4) is 0 Å². The Labute approximate surface area is 106 Å². The lowest BCUT2D eigenvalue weighted by molar-refractivity contribution is 0.0966. The summed E-state index contributed by atoms with van der Waals surface area (Å²) in [6.07, 6.45) is 1.29. The molecule has 1 unspecified atom stereocenters. The average Bonchev–Trinajstić information content (AvgIpc) is 2.96. The van der Waals surface area contributed by atoms with Gasteiger partial charge < -0.3 is 20.7 Å². The second-order valence-corrected chi connectivity index (χ2v) is 4.84. The van der Waals surface area contributed by atoms with Crippen LogP contribution in [-0.4, -0.2) is 32.2 Å². The van der Waals surface area contributed by atoms with Gasteiger partial charge in [-0.05, 0) is 24.1 Å². The molecule has 1 amide bonds. The van der Waals surface area contributed by atoms with Crippen LogP contribution in [0.1, 0.15) is 22.3 Å². The molecule has 2 heterocycles. The number of rotatable bonds is 2. The molecule has 5 heteroatoms. The largest absolute Gasteiger partial charge is 0.397 e. The zero-order valence-corrected chi connectivity index (χ0v) is 10.4. The third-order valence-electron chi connectivity index (χ3n) is 3.76. The molecule has 1 aromatic carbocycles. The number of hydrogen-bond acceptors (Lipinski definition) is 4. The first-order valence-electron chi connectivity index (χ1n) is 6.17. The smallest absolute Gasteiger partial charge is 0.251 e. The molecule has 18 heavy (non-hydrogen) atoms. The number of nitrogens with zero attached hydrogens (tertiary/aromatic N) is 1. The summed E-state index contributed by atoms with van der Waals surface area (Å²) < 4.78 is 5.36. The number of amides is 1. The van der Waals surface area contributed by atoms with Crippen LogP contribution < -0.4 is 16.0 Å². The maximum atomic E-state index is 11.5. The molecule has 5 nitrogen and oxygen atoms in total. The molecule has 0 aromatic heterocycles. The van der Waals surface area contributed by atoms with E-state index in [1.807, 2.05) is 6.07 Å². The van der Waals surface area contributed by atoms with Gasteiger partial charge in [0.2, 0.25) is 0 Å². The highest BCUT2D eigenvalue weighted by Gasteiger charge is 2.26. The predicted molar refractivity (Wildman–Crippen MR) is 69.7 cm³/mol. The van der Waals surface area contributed by atoms with Crippen LogP contribution in [0.5, 0.6) is 0 Å². The fourth-order valence-electron chi connectivity index (χ4n) is 2.69. The van der Waals surface area contributed by atoms with E-state index in [4.69, 9.17) is 10.5 Å². The van der Waals surface area contributed by atoms with E-state index in [1.54, 1.807) is 13.2 Å². The van der Waals surface area contributed by atoms with Gasteiger partial charge in [-0.3, -0.25) is 4.79 Å². The fourth-order valence-corrected chi connectivity index (χ4v) is 2.69. The molecule has 1 fully saturated rings. The lowest BCUT2D eigenvalue weighted by atomic mass is 10.1. The minimum Gasteiger partial charge on any atom is -0.397 e. The van der Waals surface area contributed by atoms with Gasteiger partial charge in [0.1, 0.15) is 0 Å². The molecule has 3 rings (SSSR count). The van der Waals surface area contributed by atoms with Crippen molar-refractivity contribution in [3.63, 3.8) is 0 Å². The Morgan fingerprint density at radius 3 is 3.06 bits per heavy atom. The second-order valence-electron chi connectivity index (χ2n) is 4.84. The topological polar surface area (TPSA) is 67.6 Å². The van der Waals surface area contributed by atoms with Crippen molar-refractivity contribution in [1.82, 2.24) is 5.32 Å². The molecule has 2 aliphatic rings. The molecule has 3 N–H and O–H groups in total. The summed E-state index contributed by atoms with van der Waals surface area (Å²) in [4.78, 5) is 13.8. The maximum absolute atomic E-state index is 11.5. The zero-order valence-electron chi connectivity index (χ0n) is 10.4. The molecular weight excluding hydrogens is 230 g/mol. The quantitative estimate of drug-likeness (QED) is 0.756. The van der Waals surface area contributed by atoms with Gasteiger partial charge in [0.15, 0.2) is 0 Å². The minimum atomic E-state index is -0.0283. The van der Waals surface area contributed by atoms with Gasteiger partial charge in [0, 0.05) is 32.3 Å². The van der Waals surface area contributed by atoms with Crippen LogP contribution in [0.15, 0.2) is 12.1 Å². The van der Waals surface area contributed by atoms with Crippen molar-refractivity contribution in [2.75, 3.05) is 30.8 Å². The van der Waals surface area contributed by atoms with Crippen LogP contribution >= 0.6 is 0 Å². The van der Waals surface area contributed by atoms with Crippen LogP contribution in [0, 0.1) is 0 Å². The maximum Gasteiger partial charge on any atom is 0.251 e. The van der Waals surface area contributed by atoms with Crippen LogP contribution in [-0.2, 0) is 11.3 Å². The number of methoxy groups -OCH3 is 1. The van der Waals surface area contributed by atoms with Crippen LogP contribution in [0.25, 0.3) is 0 Å². The van der Waals surface area contributed by atoms with Crippen molar-refractivity contribution in [1.29, 1.82) is 0 Å². The standard InChI is InChI=1S/C13H17N3O2/c1-18-9-2-3-16(7-9)12-4-8-6-15-13(17)10(8)5-11(12)14/h4-5,9H,2-3,6-7,14H2,1H3,(H,15,17). The molecule has 1 saturated heterocycles. The molecule has 2 aliphatic heterocycles. The van der Waals surface area contributed by atoms with Gasteiger partial charge in [-0.1, -0.05) is 0 Å². The van der Waals surface area contributed by atoms with E-state index >= 15 is 0 Å². The van der Waals surface area contributed by atoms with Crippen molar-refractivity contribution in [2.24, 2.45) is 0 Å². The summed E-state index contributed by atoms with van der Waals surface area (Å²) >= 11 is 0. The molecular formula is C13H17N3O2. The summed E-state index contributed by atoms with van der Waals surface area (Å²) in [7, 11) is 1.74.